The van der Waals surface area contributed by atoms with Crippen molar-refractivity contribution in [2.24, 2.45) is 5.73 Å². The molecule has 0 fully saturated rings. The zero-order valence-electron chi connectivity index (χ0n) is 9.31. The Bertz CT molecular complexity index is 271. The highest BCUT2D eigenvalue weighted by Crippen LogP contribution is 2.18. The number of hydrogen-bond acceptors (Lipinski definition) is 2. The number of nitrogens with two attached hydrogens (primary N) is 1. The van der Waals surface area contributed by atoms with Crippen LogP contribution in [0.3, 0.4) is 0 Å². The topological polar surface area (TPSA) is 46.2 Å². The van der Waals surface area contributed by atoms with Gasteiger partial charge in [-0.15, -0.1) is 12.4 Å². The van der Waals surface area contributed by atoms with E-state index in [1.165, 1.54) is 5.56 Å². The Balaban J connectivity index is 0.00000196. The molecule has 0 radical (unpaired) electrons. The SMILES string of the molecule is CC(C)c1ccc(C(N)CCO)cc1.Cl. The molecule has 0 saturated carbocycles. The lowest BCUT2D eigenvalue weighted by molar-refractivity contribution is 0.276. The molecular formula is C12H20ClNO. The summed E-state index contributed by atoms with van der Waals surface area (Å²) in [5.41, 5.74) is 8.30. The van der Waals surface area contributed by atoms with Gasteiger partial charge in [-0.2, -0.15) is 0 Å². The Morgan fingerprint density at radius 3 is 2.00 bits per heavy atom. The van der Waals surface area contributed by atoms with Crippen molar-refractivity contribution in [2.45, 2.75) is 32.2 Å². The van der Waals surface area contributed by atoms with Crippen LogP contribution >= 0.6 is 12.4 Å². The maximum atomic E-state index is 8.76. The quantitative estimate of drug-likeness (QED) is 0.834. The average molecular weight is 230 g/mol. The first-order chi connectivity index (χ1) is 6.65. The minimum absolute atomic E-state index is 0. The molecule has 0 amide bonds. The van der Waals surface area contributed by atoms with E-state index in [0.717, 1.165) is 5.56 Å². The maximum Gasteiger partial charge on any atom is 0.0449 e. The van der Waals surface area contributed by atoms with Crippen molar-refractivity contribution in [1.29, 1.82) is 0 Å². The van der Waals surface area contributed by atoms with Gasteiger partial charge < -0.3 is 10.8 Å². The first-order valence-corrected chi connectivity index (χ1v) is 5.11. The molecule has 0 bridgehead atoms. The van der Waals surface area contributed by atoms with Crippen LogP contribution in [-0.4, -0.2) is 11.7 Å². The second kappa shape index (κ2) is 6.83. The van der Waals surface area contributed by atoms with Crippen LogP contribution in [0.2, 0.25) is 0 Å². The molecule has 0 aromatic heterocycles. The number of hydrogen-bond donors (Lipinski definition) is 2. The van der Waals surface area contributed by atoms with Crippen LogP contribution in [0.15, 0.2) is 24.3 Å². The summed E-state index contributed by atoms with van der Waals surface area (Å²) in [6.45, 7) is 4.48. The normalized spacial score (nSPS) is 12.3. The highest BCUT2D eigenvalue weighted by molar-refractivity contribution is 5.85. The summed E-state index contributed by atoms with van der Waals surface area (Å²) in [6, 6.07) is 8.28. The summed E-state index contributed by atoms with van der Waals surface area (Å²) < 4.78 is 0. The Morgan fingerprint density at radius 2 is 1.60 bits per heavy atom. The van der Waals surface area contributed by atoms with Crippen LogP contribution < -0.4 is 5.73 Å². The minimum atomic E-state index is -0.0405. The molecule has 2 nitrogen and oxygen atoms in total. The van der Waals surface area contributed by atoms with E-state index in [1.807, 2.05) is 0 Å². The smallest absolute Gasteiger partial charge is 0.0449 e. The lowest BCUT2D eigenvalue weighted by atomic mass is 9.98. The number of rotatable bonds is 4. The fourth-order valence-electron chi connectivity index (χ4n) is 1.43. The van der Waals surface area contributed by atoms with E-state index in [2.05, 4.69) is 38.1 Å². The van der Waals surface area contributed by atoms with Crippen LogP contribution in [0.5, 0.6) is 0 Å². The van der Waals surface area contributed by atoms with E-state index >= 15 is 0 Å². The monoisotopic (exact) mass is 229 g/mol. The fourth-order valence-corrected chi connectivity index (χ4v) is 1.43. The third kappa shape index (κ3) is 4.20. The molecule has 0 aliphatic carbocycles. The lowest BCUT2D eigenvalue weighted by Crippen LogP contribution is -2.11. The molecule has 0 spiro atoms. The molecule has 1 unspecified atom stereocenters. The van der Waals surface area contributed by atoms with E-state index in [0.29, 0.717) is 12.3 Å². The predicted molar refractivity (Wildman–Crippen MR) is 66.4 cm³/mol. The fraction of sp³-hybridized carbons (Fsp3) is 0.500. The van der Waals surface area contributed by atoms with Crippen LogP contribution in [0.4, 0.5) is 0 Å². The van der Waals surface area contributed by atoms with Crippen molar-refractivity contribution in [3.63, 3.8) is 0 Å². The molecule has 1 atom stereocenters. The number of halogens is 1. The van der Waals surface area contributed by atoms with Gasteiger partial charge in [0.2, 0.25) is 0 Å². The lowest BCUT2D eigenvalue weighted by Gasteiger charge is -2.12. The molecule has 1 rings (SSSR count). The number of aliphatic hydroxyl groups excluding tert-OH is 1. The average Bonchev–Trinajstić information content (AvgIpc) is 2.18. The summed E-state index contributed by atoms with van der Waals surface area (Å²) in [5, 5.41) is 8.76. The Morgan fingerprint density at radius 1 is 1.13 bits per heavy atom. The Hall–Kier alpha value is -0.570. The molecule has 0 saturated heterocycles. The molecule has 0 aliphatic heterocycles. The van der Waals surface area contributed by atoms with E-state index in [-0.39, 0.29) is 25.1 Å². The van der Waals surface area contributed by atoms with E-state index < -0.39 is 0 Å². The predicted octanol–water partition coefficient (Wildman–Crippen LogP) is 2.61. The molecule has 1 aromatic rings. The highest BCUT2D eigenvalue weighted by atomic mass is 35.5. The first kappa shape index (κ1) is 14.4. The van der Waals surface area contributed by atoms with Crippen LogP contribution in [0, 0.1) is 0 Å². The summed E-state index contributed by atoms with van der Waals surface area (Å²) >= 11 is 0. The van der Waals surface area contributed by atoms with E-state index in [1.54, 1.807) is 0 Å². The molecule has 1 aromatic carbocycles. The third-order valence-electron chi connectivity index (χ3n) is 2.47. The molecule has 0 heterocycles. The van der Waals surface area contributed by atoms with Crippen LogP contribution in [0.1, 0.15) is 43.4 Å². The number of aliphatic hydroxyl groups is 1. The van der Waals surface area contributed by atoms with Gasteiger partial charge >= 0.3 is 0 Å². The van der Waals surface area contributed by atoms with Crippen molar-refractivity contribution in [3.05, 3.63) is 35.4 Å². The highest BCUT2D eigenvalue weighted by Gasteiger charge is 2.05. The molecular weight excluding hydrogens is 210 g/mol. The van der Waals surface area contributed by atoms with Gasteiger partial charge in [-0.25, -0.2) is 0 Å². The standard InChI is InChI=1S/C12H19NO.ClH/c1-9(2)10-3-5-11(6-4-10)12(13)7-8-14;/h3-6,9,12,14H,7-8,13H2,1-2H3;1H. The van der Waals surface area contributed by atoms with E-state index in [9.17, 15) is 0 Å². The van der Waals surface area contributed by atoms with Crippen molar-refractivity contribution in [3.8, 4) is 0 Å². The van der Waals surface area contributed by atoms with Gasteiger partial charge in [-0.05, 0) is 23.5 Å². The van der Waals surface area contributed by atoms with Crippen molar-refractivity contribution in [2.75, 3.05) is 6.61 Å². The second-order valence-electron chi connectivity index (χ2n) is 3.94. The Labute approximate surface area is 97.9 Å². The summed E-state index contributed by atoms with van der Waals surface area (Å²) in [6.07, 6.45) is 0.626. The summed E-state index contributed by atoms with van der Waals surface area (Å²) in [5.74, 6) is 0.554. The van der Waals surface area contributed by atoms with Gasteiger partial charge in [0.15, 0.2) is 0 Å². The van der Waals surface area contributed by atoms with Crippen molar-refractivity contribution in [1.82, 2.24) is 0 Å². The van der Waals surface area contributed by atoms with Gasteiger partial charge in [0.05, 0.1) is 0 Å². The Kier molecular flexibility index (Phi) is 6.57. The molecule has 86 valence electrons. The largest absolute Gasteiger partial charge is 0.396 e. The van der Waals surface area contributed by atoms with Gasteiger partial charge in [0.1, 0.15) is 0 Å². The van der Waals surface area contributed by atoms with Gasteiger partial charge in [-0.3, -0.25) is 0 Å². The molecule has 15 heavy (non-hydrogen) atoms. The van der Waals surface area contributed by atoms with Crippen molar-refractivity contribution < 1.29 is 5.11 Å². The first-order valence-electron chi connectivity index (χ1n) is 5.11. The van der Waals surface area contributed by atoms with Gasteiger partial charge in [-0.1, -0.05) is 38.1 Å². The van der Waals surface area contributed by atoms with Crippen LogP contribution in [0.25, 0.3) is 0 Å². The summed E-state index contributed by atoms with van der Waals surface area (Å²) in [4.78, 5) is 0. The third-order valence-corrected chi connectivity index (χ3v) is 2.47. The molecule has 3 N–H and O–H groups in total. The van der Waals surface area contributed by atoms with Gasteiger partial charge in [0, 0.05) is 12.6 Å². The molecule has 0 aliphatic rings. The maximum absolute atomic E-state index is 8.76. The van der Waals surface area contributed by atoms with Crippen molar-refractivity contribution >= 4 is 12.4 Å². The van der Waals surface area contributed by atoms with Crippen LogP contribution in [-0.2, 0) is 0 Å². The second-order valence-corrected chi connectivity index (χ2v) is 3.94. The van der Waals surface area contributed by atoms with E-state index in [4.69, 9.17) is 10.8 Å². The zero-order chi connectivity index (χ0) is 10.6. The van der Waals surface area contributed by atoms with Gasteiger partial charge in [0.25, 0.3) is 0 Å². The molecule has 3 heteroatoms. The minimum Gasteiger partial charge on any atom is -0.396 e. The zero-order valence-corrected chi connectivity index (χ0v) is 10.1. The number of benzene rings is 1. The summed E-state index contributed by atoms with van der Waals surface area (Å²) in [7, 11) is 0.